The van der Waals surface area contributed by atoms with Gasteiger partial charge in [-0.15, -0.1) is 0 Å². The van der Waals surface area contributed by atoms with Crippen LogP contribution >= 0.6 is 0 Å². The number of anilines is 1. The number of para-hydroxylation sites is 1. The van der Waals surface area contributed by atoms with Crippen molar-refractivity contribution >= 4 is 28.3 Å². The highest BCUT2D eigenvalue weighted by atomic mass is 16.3. The predicted molar refractivity (Wildman–Crippen MR) is 122 cm³/mol. The van der Waals surface area contributed by atoms with Gasteiger partial charge in [-0.05, 0) is 36.4 Å². The number of carbonyl (C=O) groups is 2. The number of carbonyl (C=O) groups excluding carboxylic acids is 2. The third-order valence-electron chi connectivity index (χ3n) is 6.92. The quantitative estimate of drug-likeness (QED) is 0.594. The van der Waals surface area contributed by atoms with Gasteiger partial charge >= 0.3 is 0 Å². The van der Waals surface area contributed by atoms with Crippen molar-refractivity contribution in [1.82, 2.24) is 0 Å². The molecule has 0 saturated carbocycles. The van der Waals surface area contributed by atoms with Crippen molar-refractivity contribution in [3.05, 3.63) is 96.6 Å². The summed E-state index contributed by atoms with van der Waals surface area (Å²) < 4.78 is 0. The largest absolute Gasteiger partial charge is 0.507 e. The number of phenols is 1. The smallest absolute Gasteiger partial charge is 0.241 e. The van der Waals surface area contributed by atoms with E-state index in [4.69, 9.17) is 0 Å². The molecule has 3 unspecified atom stereocenters. The zero-order chi connectivity index (χ0) is 21.8. The topological polar surface area (TPSA) is 57.6 Å². The van der Waals surface area contributed by atoms with E-state index in [0.29, 0.717) is 17.7 Å². The summed E-state index contributed by atoms with van der Waals surface area (Å²) in [6.45, 7) is 5.82. The van der Waals surface area contributed by atoms with Crippen LogP contribution in [0, 0.1) is 11.3 Å². The normalized spacial score (nSPS) is 25.5. The summed E-state index contributed by atoms with van der Waals surface area (Å²) in [5.41, 5.74) is 1.06. The Bertz CT molecular complexity index is 1260. The average Bonchev–Trinajstić information content (AvgIpc) is 3.00. The lowest BCUT2D eigenvalue weighted by Crippen LogP contribution is -2.41. The maximum absolute atomic E-state index is 13.9. The minimum Gasteiger partial charge on any atom is -0.507 e. The summed E-state index contributed by atoms with van der Waals surface area (Å²) in [4.78, 5) is 28.6. The lowest BCUT2D eigenvalue weighted by Gasteiger charge is -2.40. The number of benzene rings is 3. The Kier molecular flexibility index (Phi) is 4.33. The van der Waals surface area contributed by atoms with E-state index < -0.39 is 17.3 Å². The maximum atomic E-state index is 13.9. The van der Waals surface area contributed by atoms with Gasteiger partial charge in [-0.1, -0.05) is 73.3 Å². The van der Waals surface area contributed by atoms with E-state index in [1.807, 2.05) is 67.6 Å². The molecule has 4 nitrogen and oxygen atoms in total. The van der Waals surface area contributed by atoms with E-state index in [9.17, 15) is 14.7 Å². The second kappa shape index (κ2) is 6.95. The number of allylic oxidation sites excluding steroid dienone is 3. The van der Waals surface area contributed by atoms with Crippen molar-refractivity contribution < 1.29 is 14.7 Å². The van der Waals surface area contributed by atoms with Crippen molar-refractivity contribution in [2.75, 3.05) is 4.90 Å². The number of aromatic hydroxyl groups is 1. The van der Waals surface area contributed by atoms with Gasteiger partial charge in [0.2, 0.25) is 11.8 Å². The average molecular weight is 409 g/mol. The predicted octanol–water partition coefficient (Wildman–Crippen LogP) is 5.34. The van der Waals surface area contributed by atoms with Gasteiger partial charge in [0.05, 0.1) is 17.0 Å². The Morgan fingerprint density at radius 3 is 2.48 bits per heavy atom. The molecule has 0 radical (unpaired) electrons. The summed E-state index contributed by atoms with van der Waals surface area (Å²) >= 11 is 0. The molecule has 1 fully saturated rings. The number of imide groups is 1. The SMILES string of the molecule is C=CC1=CCC2C(=O)N(c3ccccc3)C(=O)C2(C)C1c1ccc2ccccc2c1O. The van der Waals surface area contributed by atoms with Crippen LogP contribution in [0.5, 0.6) is 5.75 Å². The van der Waals surface area contributed by atoms with Crippen LogP contribution < -0.4 is 4.90 Å². The summed E-state index contributed by atoms with van der Waals surface area (Å²) in [6, 6.07) is 20.5. The Labute approximate surface area is 181 Å². The molecule has 5 rings (SSSR count). The van der Waals surface area contributed by atoms with Crippen LogP contribution in [0.4, 0.5) is 5.69 Å². The van der Waals surface area contributed by atoms with Crippen LogP contribution in [-0.2, 0) is 9.59 Å². The molecule has 3 atom stereocenters. The van der Waals surface area contributed by atoms with E-state index in [-0.39, 0.29) is 17.6 Å². The Hall–Kier alpha value is -3.66. The Morgan fingerprint density at radius 1 is 1.03 bits per heavy atom. The van der Waals surface area contributed by atoms with Gasteiger partial charge in [-0.2, -0.15) is 0 Å². The summed E-state index contributed by atoms with van der Waals surface area (Å²) in [5, 5.41) is 12.9. The molecule has 31 heavy (non-hydrogen) atoms. The first-order valence-corrected chi connectivity index (χ1v) is 10.4. The first-order valence-electron chi connectivity index (χ1n) is 10.4. The van der Waals surface area contributed by atoms with Gasteiger partial charge in [0.15, 0.2) is 0 Å². The summed E-state index contributed by atoms with van der Waals surface area (Å²) in [7, 11) is 0. The number of nitrogens with zero attached hydrogens (tertiary/aromatic N) is 1. The minimum absolute atomic E-state index is 0.149. The van der Waals surface area contributed by atoms with Gasteiger partial charge in [0.1, 0.15) is 5.75 Å². The molecule has 0 spiro atoms. The lowest BCUT2D eigenvalue weighted by atomic mass is 9.59. The fourth-order valence-corrected chi connectivity index (χ4v) is 5.32. The molecule has 1 heterocycles. The van der Waals surface area contributed by atoms with Crippen LogP contribution in [-0.4, -0.2) is 16.9 Å². The van der Waals surface area contributed by atoms with E-state index in [2.05, 4.69) is 6.58 Å². The fourth-order valence-electron chi connectivity index (χ4n) is 5.32. The molecule has 2 amide bonds. The van der Waals surface area contributed by atoms with E-state index in [1.165, 1.54) is 4.90 Å². The highest BCUT2D eigenvalue weighted by Crippen LogP contribution is 2.58. The number of hydrogen-bond donors (Lipinski definition) is 1. The first-order chi connectivity index (χ1) is 15.0. The lowest BCUT2D eigenvalue weighted by molar-refractivity contribution is -0.127. The Morgan fingerprint density at radius 2 is 1.74 bits per heavy atom. The van der Waals surface area contributed by atoms with Crippen LogP contribution in [0.1, 0.15) is 24.8 Å². The number of fused-ring (bicyclic) bond motifs is 2. The molecule has 1 N–H and O–H groups in total. The van der Waals surface area contributed by atoms with E-state index in [0.717, 1.165) is 16.3 Å². The molecule has 0 bridgehead atoms. The number of phenolic OH excluding ortho intramolecular Hbond substituents is 1. The van der Waals surface area contributed by atoms with Gasteiger partial charge in [-0.25, -0.2) is 4.90 Å². The third kappa shape index (κ3) is 2.61. The maximum Gasteiger partial charge on any atom is 0.241 e. The van der Waals surface area contributed by atoms with Gasteiger partial charge in [0, 0.05) is 16.9 Å². The standard InChI is InChI=1S/C27H23NO3/c1-3-17-14-16-22-25(30)28(19-10-5-4-6-11-19)26(31)27(22,2)23(17)21-15-13-18-9-7-8-12-20(18)24(21)29/h3-15,22-23,29H,1,16H2,2H3. The van der Waals surface area contributed by atoms with Gasteiger partial charge in [0.25, 0.3) is 0 Å². The molecule has 4 heteroatoms. The molecule has 1 aliphatic heterocycles. The summed E-state index contributed by atoms with van der Waals surface area (Å²) in [6.07, 6.45) is 4.19. The molecule has 3 aromatic carbocycles. The van der Waals surface area contributed by atoms with Crippen LogP contribution in [0.15, 0.2) is 91.0 Å². The number of rotatable bonds is 3. The molecule has 154 valence electrons. The molecule has 0 aromatic heterocycles. The van der Waals surface area contributed by atoms with Crippen molar-refractivity contribution in [1.29, 1.82) is 0 Å². The second-order valence-corrected chi connectivity index (χ2v) is 8.45. The van der Waals surface area contributed by atoms with Crippen molar-refractivity contribution in [3.63, 3.8) is 0 Å². The van der Waals surface area contributed by atoms with Crippen molar-refractivity contribution in [2.45, 2.75) is 19.3 Å². The highest BCUT2D eigenvalue weighted by Gasteiger charge is 2.62. The third-order valence-corrected chi connectivity index (χ3v) is 6.92. The first kappa shape index (κ1) is 19.3. The summed E-state index contributed by atoms with van der Waals surface area (Å²) in [5.74, 6) is -1.25. The van der Waals surface area contributed by atoms with Crippen molar-refractivity contribution in [2.24, 2.45) is 11.3 Å². The van der Waals surface area contributed by atoms with Crippen molar-refractivity contribution in [3.8, 4) is 5.75 Å². The second-order valence-electron chi connectivity index (χ2n) is 8.45. The van der Waals surface area contributed by atoms with Gasteiger partial charge < -0.3 is 5.11 Å². The molecule has 2 aliphatic rings. The zero-order valence-electron chi connectivity index (χ0n) is 17.3. The Balaban J connectivity index is 1.72. The van der Waals surface area contributed by atoms with Crippen LogP contribution in [0.25, 0.3) is 10.8 Å². The van der Waals surface area contributed by atoms with E-state index >= 15 is 0 Å². The van der Waals surface area contributed by atoms with Crippen LogP contribution in [0.2, 0.25) is 0 Å². The highest BCUT2D eigenvalue weighted by molar-refractivity contribution is 6.24. The van der Waals surface area contributed by atoms with Crippen LogP contribution in [0.3, 0.4) is 0 Å². The molecule has 1 saturated heterocycles. The zero-order valence-corrected chi connectivity index (χ0v) is 17.3. The number of amides is 2. The fraction of sp³-hybridized carbons (Fsp3) is 0.185. The van der Waals surface area contributed by atoms with E-state index in [1.54, 1.807) is 18.2 Å². The number of hydrogen-bond acceptors (Lipinski definition) is 3. The minimum atomic E-state index is -1.02. The monoisotopic (exact) mass is 409 g/mol. The molecule has 1 aliphatic carbocycles. The molecule has 3 aromatic rings. The molecular formula is C27H23NO3. The molecular weight excluding hydrogens is 386 g/mol. The van der Waals surface area contributed by atoms with Gasteiger partial charge in [-0.3, -0.25) is 9.59 Å².